The summed E-state index contributed by atoms with van der Waals surface area (Å²) in [7, 11) is 0. The van der Waals surface area contributed by atoms with Gasteiger partial charge >= 0.3 is 0 Å². The fourth-order valence-electron chi connectivity index (χ4n) is 2.71. The van der Waals surface area contributed by atoms with Gasteiger partial charge in [-0.2, -0.15) is 0 Å². The molecule has 1 amide bonds. The van der Waals surface area contributed by atoms with E-state index >= 15 is 0 Å². The topological polar surface area (TPSA) is 41.6 Å². The Morgan fingerprint density at radius 1 is 1.28 bits per heavy atom. The van der Waals surface area contributed by atoms with Crippen LogP contribution < -0.4 is 5.32 Å². The number of morpholine rings is 1. The maximum atomic E-state index is 11.8. The average molecular weight is 254 g/mol. The lowest BCUT2D eigenvalue weighted by molar-refractivity contribution is -0.135. The molecule has 4 nitrogen and oxygen atoms in total. The van der Waals surface area contributed by atoms with Crippen LogP contribution in [-0.4, -0.2) is 48.7 Å². The van der Waals surface area contributed by atoms with Gasteiger partial charge in [0.1, 0.15) is 0 Å². The summed E-state index contributed by atoms with van der Waals surface area (Å²) < 4.78 is 5.49. The number of nitrogens with zero attached hydrogens (tertiary/aromatic N) is 1. The number of fused-ring (bicyclic) bond motifs is 2. The van der Waals surface area contributed by atoms with Crippen molar-refractivity contribution in [1.29, 1.82) is 0 Å². The molecule has 0 aromatic carbocycles. The van der Waals surface area contributed by atoms with E-state index in [1.165, 1.54) is 6.42 Å². The van der Waals surface area contributed by atoms with Crippen molar-refractivity contribution in [3.63, 3.8) is 0 Å². The third kappa shape index (κ3) is 2.86. The molecule has 18 heavy (non-hydrogen) atoms. The fourth-order valence-corrected chi connectivity index (χ4v) is 2.71. The molecule has 0 radical (unpaired) electrons. The number of nitrogens with one attached hydrogen (secondary N) is 1. The van der Waals surface area contributed by atoms with Gasteiger partial charge in [-0.1, -0.05) is 27.7 Å². The van der Waals surface area contributed by atoms with E-state index in [-0.39, 0.29) is 17.9 Å². The van der Waals surface area contributed by atoms with Crippen molar-refractivity contribution in [2.24, 2.45) is 11.8 Å². The highest BCUT2D eigenvalue weighted by atomic mass is 16.5. The number of hydrogen-bond donors (Lipinski definition) is 1. The molecule has 104 valence electrons. The Labute approximate surface area is 110 Å². The zero-order valence-corrected chi connectivity index (χ0v) is 12.0. The Balaban J connectivity index is 1.88. The van der Waals surface area contributed by atoms with Crippen LogP contribution in [0.25, 0.3) is 0 Å². The van der Waals surface area contributed by atoms with Crippen molar-refractivity contribution in [1.82, 2.24) is 10.2 Å². The summed E-state index contributed by atoms with van der Waals surface area (Å²) in [6.45, 7) is 10.9. The van der Waals surface area contributed by atoms with Crippen LogP contribution in [-0.2, 0) is 9.53 Å². The number of amides is 1. The van der Waals surface area contributed by atoms with Gasteiger partial charge in [0.05, 0.1) is 13.2 Å². The Hall–Kier alpha value is -0.610. The molecule has 2 bridgehead atoms. The van der Waals surface area contributed by atoms with Gasteiger partial charge in [0.25, 0.3) is 0 Å². The van der Waals surface area contributed by atoms with Crippen molar-refractivity contribution in [3.8, 4) is 0 Å². The van der Waals surface area contributed by atoms with Crippen molar-refractivity contribution < 1.29 is 9.53 Å². The summed E-state index contributed by atoms with van der Waals surface area (Å²) in [5.41, 5.74) is 0. The van der Waals surface area contributed by atoms with E-state index in [0.29, 0.717) is 18.0 Å². The predicted octanol–water partition coefficient (Wildman–Crippen LogP) is 1.26. The van der Waals surface area contributed by atoms with Crippen LogP contribution >= 0.6 is 0 Å². The molecule has 3 fully saturated rings. The third-order valence-electron chi connectivity index (χ3n) is 4.17. The SMILES string of the molecule is CC(C)C(=O)N[C@H](CN1[C@@H]2COC[C@H]1C2)C(C)C. The van der Waals surface area contributed by atoms with Gasteiger partial charge < -0.3 is 10.1 Å². The first-order chi connectivity index (χ1) is 8.49. The molecule has 0 saturated carbocycles. The van der Waals surface area contributed by atoms with E-state index < -0.39 is 0 Å². The summed E-state index contributed by atoms with van der Waals surface area (Å²) in [5.74, 6) is 0.691. The number of hydrogen-bond acceptors (Lipinski definition) is 3. The maximum absolute atomic E-state index is 11.8. The Bertz CT molecular complexity index is 290. The van der Waals surface area contributed by atoms with Crippen LogP contribution in [0.1, 0.15) is 34.1 Å². The first-order valence-corrected chi connectivity index (χ1v) is 7.13. The molecule has 4 heteroatoms. The predicted molar refractivity (Wildman–Crippen MR) is 71.3 cm³/mol. The smallest absolute Gasteiger partial charge is 0.222 e. The molecule has 3 heterocycles. The molecular formula is C14H26N2O2. The van der Waals surface area contributed by atoms with E-state index in [1.54, 1.807) is 0 Å². The number of carbonyl (C=O) groups is 1. The largest absolute Gasteiger partial charge is 0.378 e. The van der Waals surface area contributed by atoms with Crippen LogP contribution in [0.2, 0.25) is 0 Å². The highest BCUT2D eigenvalue weighted by molar-refractivity contribution is 5.78. The lowest BCUT2D eigenvalue weighted by Gasteiger charge is -2.53. The van der Waals surface area contributed by atoms with E-state index in [2.05, 4.69) is 24.1 Å². The minimum absolute atomic E-state index is 0.0606. The van der Waals surface area contributed by atoms with Crippen LogP contribution in [0.5, 0.6) is 0 Å². The zero-order chi connectivity index (χ0) is 13.3. The summed E-state index contributed by atoms with van der Waals surface area (Å²) >= 11 is 0. The van der Waals surface area contributed by atoms with Gasteiger partial charge in [-0.05, 0) is 12.3 Å². The summed E-state index contributed by atoms with van der Waals surface area (Å²) in [4.78, 5) is 14.3. The van der Waals surface area contributed by atoms with E-state index in [1.807, 2.05) is 13.8 Å². The minimum Gasteiger partial charge on any atom is -0.378 e. The molecule has 0 unspecified atom stereocenters. The maximum Gasteiger partial charge on any atom is 0.222 e. The Kier molecular flexibility index (Phi) is 4.28. The van der Waals surface area contributed by atoms with Gasteiger partial charge in [-0.15, -0.1) is 0 Å². The third-order valence-corrected chi connectivity index (χ3v) is 4.17. The summed E-state index contributed by atoms with van der Waals surface area (Å²) in [6.07, 6.45) is 1.27. The number of carbonyl (C=O) groups excluding carboxylic acids is 1. The van der Waals surface area contributed by atoms with Gasteiger partial charge in [-0.25, -0.2) is 0 Å². The normalized spacial score (nSPS) is 29.2. The monoisotopic (exact) mass is 254 g/mol. The van der Waals surface area contributed by atoms with Crippen LogP contribution in [0, 0.1) is 11.8 Å². The van der Waals surface area contributed by atoms with Gasteiger partial charge in [0.2, 0.25) is 5.91 Å². The van der Waals surface area contributed by atoms with Gasteiger partial charge in [0, 0.05) is 30.6 Å². The average Bonchev–Trinajstić information content (AvgIpc) is 2.34. The van der Waals surface area contributed by atoms with Gasteiger partial charge in [-0.3, -0.25) is 9.69 Å². The molecule has 0 aromatic heterocycles. The van der Waals surface area contributed by atoms with Crippen LogP contribution in [0.3, 0.4) is 0 Å². The van der Waals surface area contributed by atoms with Crippen molar-refractivity contribution in [2.45, 2.75) is 52.2 Å². The standard InChI is InChI=1S/C14H26N2O2/c1-9(2)13(15-14(17)10(3)4)6-16-11-5-12(16)8-18-7-11/h9-13H,5-8H2,1-4H3,(H,15,17)/t11-,12+,13-/m1/s1. The molecule has 1 N–H and O–H groups in total. The molecule has 3 atom stereocenters. The first-order valence-electron chi connectivity index (χ1n) is 7.13. The molecular weight excluding hydrogens is 228 g/mol. The van der Waals surface area contributed by atoms with Crippen molar-refractivity contribution in [2.75, 3.05) is 19.8 Å². The second kappa shape index (κ2) is 5.57. The number of ether oxygens (including phenoxy) is 1. The number of rotatable bonds is 5. The molecule has 0 spiro atoms. The lowest BCUT2D eigenvalue weighted by atomic mass is 9.89. The van der Waals surface area contributed by atoms with E-state index in [9.17, 15) is 4.79 Å². The molecule has 3 saturated heterocycles. The molecule has 0 aromatic rings. The first kappa shape index (κ1) is 13.8. The van der Waals surface area contributed by atoms with E-state index in [4.69, 9.17) is 4.74 Å². The van der Waals surface area contributed by atoms with Crippen molar-refractivity contribution in [3.05, 3.63) is 0 Å². The highest BCUT2D eigenvalue weighted by Crippen LogP contribution is 2.31. The molecule has 3 aliphatic heterocycles. The van der Waals surface area contributed by atoms with E-state index in [0.717, 1.165) is 19.8 Å². The second-order valence-corrected chi connectivity index (χ2v) is 6.29. The second-order valence-electron chi connectivity index (χ2n) is 6.29. The lowest BCUT2D eigenvalue weighted by Crippen LogP contribution is -2.66. The van der Waals surface area contributed by atoms with Crippen LogP contribution in [0.15, 0.2) is 0 Å². The summed E-state index contributed by atoms with van der Waals surface area (Å²) in [5, 5.41) is 3.18. The Morgan fingerprint density at radius 3 is 2.33 bits per heavy atom. The Morgan fingerprint density at radius 2 is 1.89 bits per heavy atom. The van der Waals surface area contributed by atoms with Gasteiger partial charge in [0.15, 0.2) is 0 Å². The minimum atomic E-state index is 0.0606. The fraction of sp³-hybridized carbons (Fsp3) is 0.929. The highest BCUT2D eigenvalue weighted by Gasteiger charge is 2.43. The summed E-state index contributed by atoms with van der Waals surface area (Å²) in [6, 6.07) is 1.42. The molecule has 0 aliphatic carbocycles. The molecule has 3 aliphatic rings. The van der Waals surface area contributed by atoms with Crippen molar-refractivity contribution >= 4 is 5.91 Å². The zero-order valence-electron chi connectivity index (χ0n) is 12.0. The van der Waals surface area contributed by atoms with Crippen LogP contribution in [0.4, 0.5) is 0 Å². The molecule has 3 rings (SSSR count). The quantitative estimate of drug-likeness (QED) is 0.803.